The van der Waals surface area contributed by atoms with Gasteiger partial charge in [-0.1, -0.05) is 12.1 Å². The van der Waals surface area contributed by atoms with Crippen LogP contribution >= 0.6 is 0 Å². The second-order valence-electron chi connectivity index (χ2n) is 8.98. The number of phenols is 1. The molecule has 4 atom stereocenters. The number of nitrogens with two attached hydrogens (primary N) is 3. The molecule has 0 saturated heterocycles. The Balaban J connectivity index is 3.13. The van der Waals surface area contributed by atoms with Crippen LogP contribution < -0.4 is 33.2 Å². The Morgan fingerprint density at radius 2 is 1.34 bits per heavy atom. The minimum absolute atomic E-state index is 0.0859. The maximum absolute atomic E-state index is 13.2. The highest BCUT2D eigenvalue weighted by Crippen LogP contribution is 2.12. The molecular formula is C24H35N7O10. The highest BCUT2D eigenvalue weighted by Gasteiger charge is 2.31. The summed E-state index contributed by atoms with van der Waals surface area (Å²) < 4.78 is 0. The summed E-state index contributed by atoms with van der Waals surface area (Å²) in [4.78, 5) is 76.2. The van der Waals surface area contributed by atoms with Crippen LogP contribution in [0.25, 0.3) is 0 Å². The van der Waals surface area contributed by atoms with Gasteiger partial charge < -0.3 is 53.6 Å². The van der Waals surface area contributed by atoms with Crippen molar-refractivity contribution in [3.05, 3.63) is 29.8 Å². The number of carboxylic acid groups (broad SMARTS) is 3. The van der Waals surface area contributed by atoms with Crippen molar-refractivity contribution in [1.29, 1.82) is 0 Å². The normalized spacial score (nSPS) is 13.5. The van der Waals surface area contributed by atoms with E-state index in [1.54, 1.807) is 0 Å². The van der Waals surface area contributed by atoms with Gasteiger partial charge in [0.25, 0.3) is 0 Å². The zero-order valence-electron chi connectivity index (χ0n) is 22.0. The number of carbonyl (C=O) groups is 6. The largest absolute Gasteiger partial charge is 0.508 e. The molecule has 0 aliphatic heterocycles. The summed E-state index contributed by atoms with van der Waals surface area (Å²) in [6.07, 6.45) is -1.64. The van der Waals surface area contributed by atoms with Crippen LogP contribution in [0.4, 0.5) is 0 Å². The lowest BCUT2D eigenvalue weighted by molar-refractivity contribution is -0.147. The second-order valence-corrected chi connectivity index (χ2v) is 8.98. The van der Waals surface area contributed by atoms with Gasteiger partial charge in [0, 0.05) is 19.4 Å². The molecule has 17 heteroatoms. The number of guanidine groups is 1. The zero-order valence-corrected chi connectivity index (χ0v) is 22.0. The van der Waals surface area contributed by atoms with Crippen LogP contribution in [-0.4, -0.2) is 92.7 Å². The molecule has 0 aliphatic carbocycles. The van der Waals surface area contributed by atoms with Crippen molar-refractivity contribution in [1.82, 2.24) is 16.0 Å². The predicted octanol–water partition coefficient (Wildman–Crippen LogP) is -2.81. The van der Waals surface area contributed by atoms with E-state index in [-0.39, 0.29) is 37.5 Å². The highest BCUT2D eigenvalue weighted by molar-refractivity contribution is 5.95. The number of hydrogen-bond donors (Lipinski definition) is 10. The van der Waals surface area contributed by atoms with E-state index in [1.165, 1.54) is 24.3 Å². The standard InChI is InChI=1S/C24H35N7O10/c25-14(2-1-9-28-24(26)27)20(37)29-15(7-8-18(33)34)21(38)30-16(10-12-3-5-13(32)6-4-12)22(39)31-17(23(40)41)11-19(35)36/h3-6,14-17,32H,1-2,7-11,25H2,(H,29,37)(H,30,38)(H,31,39)(H,33,34)(H,35,36)(H,40,41)(H4,26,27,28). The van der Waals surface area contributed by atoms with E-state index in [0.717, 1.165) is 0 Å². The minimum atomic E-state index is -1.82. The molecule has 13 N–H and O–H groups in total. The van der Waals surface area contributed by atoms with Crippen molar-refractivity contribution >= 4 is 41.6 Å². The molecular weight excluding hydrogens is 546 g/mol. The molecule has 0 heterocycles. The van der Waals surface area contributed by atoms with Gasteiger partial charge in [-0.25, -0.2) is 4.79 Å². The molecule has 226 valence electrons. The van der Waals surface area contributed by atoms with Crippen molar-refractivity contribution in [3.8, 4) is 5.75 Å². The van der Waals surface area contributed by atoms with Crippen molar-refractivity contribution in [2.45, 2.75) is 62.7 Å². The first kappa shape index (κ1) is 34.1. The van der Waals surface area contributed by atoms with E-state index < -0.39 is 72.6 Å². The van der Waals surface area contributed by atoms with Gasteiger partial charge in [0.05, 0.1) is 12.5 Å². The molecule has 3 amide bonds. The Labute approximate surface area is 234 Å². The number of carbonyl (C=O) groups excluding carboxylic acids is 3. The second kappa shape index (κ2) is 16.9. The van der Waals surface area contributed by atoms with Crippen LogP contribution in [0.15, 0.2) is 29.3 Å². The first-order valence-corrected chi connectivity index (χ1v) is 12.4. The molecule has 1 rings (SSSR count). The summed E-state index contributed by atoms with van der Waals surface area (Å²) in [5, 5.41) is 43.7. The number of amides is 3. The number of nitrogens with one attached hydrogen (secondary N) is 3. The van der Waals surface area contributed by atoms with Crippen molar-refractivity contribution < 1.29 is 49.2 Å². The predicted molar refractivity (Wildman–Crippen MR) is 142 cm³/mol. The number of benzene rings is 1. The Bertz CT molecular complexity index is 1120. The number of carboxylic acids is 3. The number of aliphatic imine (C=N–C) groups is 1. The monoisotopic (exact) mass is 581 g/mol. The van der Waals surface area contributed by atoms with E-state index >= 15 is 0 Å². The van der Waals surface area contributed by atoms with Crippen molar-refractivity contribution in [3.63, 3.8) is 0 Å². The maximum Gasteiger partial charge on any atom is 0.326 e. The molecule has 1 aromatic carbocycles. The number of nitrogens with zero attached hydrogens (tertiary/aromatic N) is 1. The van der Waals surface area contributed by atoms with Gasteiger partial charge in [-0.3, -0.25) is 29.0 Å². The minimum Gasteiger partial charge on any atom is -0.508 e. The first-order valence-electron chi connectivity index (χ1n) is 12.4. The summed E-state index contributed by atoms with van der Waals surface area (Å²) in [7, 11) is 0. The van der Waals surface area contributed by atoms with Gasteiger partial charge in [-0.2, -0.15) is 0 Å². The summed E-state index contributed by atoms with van der Waals surface area (Å²) >= 11 is 0. The third kappa shape index (κ3) is 13.6. The molecule has 0 saturated carbocycles. The third-order valence-corrected chi connectivity index (χ3v) is 5.59. The van der Waals surface area contributed by atoms with E-state index in [0.29, 0.717) is 12.0 Å². The fourth-order valence-corrected chi connectivity index (χ4v) is 3.46. The molecule has 0 aromatic heterocycles. The van der Waals surface area contributed by atoms with Gasteiger partial charge in [-0.05, 0) is 37.0 Å². The van der Waals surface area contributed by atoms with Crippen LogP contribution in [0, 0.1) is 0 Å². The van der Waals surface area contributed by atoms with Crippen LogP contribution in [-0.2, 0) is 35.2 Å². The maximum atomic E-state index is 13.2. The molecule has 0 fully saturated rings. The third-order valence-electron chi connectivity index (χ3n) is 5.59. The van der Waals surface area contributed by atoms with Crippen LogP contribution in [0.5, 0.6) is 5.75 Å². The molecule has 0 aliphatic rings. The van der Waals surface area contributed by atoms with Crippen molar-refractivity contribution in [2.24, 2.45) is 22.2 Å². The van der Waals surface area contributed by atoms with Crippen LogP contribution in [0.2, 0.25) is 0 Å². The zero-order chi connectivity index (χ0) is 31.1. The Morgan fingerprint density at radius 3 is 1.88 bits per heavy atom. The number of phenolic OH excluding ortho intramolecular Hbond substituents is 1. The molecule has 0 bridgehead atoms. The van der Waals surface area contributed by atoms with Gasteiger partial charge in [-0.15, -0.1) is 0 Å². The smallest absolute Gasteiger partial charge is 0.326 e. The molecule has 41 heavy (non-hydrogen) atoms. The summed E-state index contributed by atoms with van der Waals surface area (Å²) in [6, 6.07) is -0.391. The molecule has 4 unspecified atom stereocenters. The Hall–Kier alpha value is -4.93. The molecule has 17 nitrogen and oxygen atoms in total. The Kier molecular flexibility index (Phi) is 14.1. The summed E-state index contributed by atoms with van der Waals surface area (Å²) in [5.41, 5.74) is 16.8. The fourth-order valence-electron chi connectivity index (χ4n) is 3.46. The SMILES string of the molecule is NC(N)=NCCCC(N)C(=O)NC(CCC(=O)O)C(=O)NC(Cc1ccc(O)cc1)C(=O)NC(CC(=O)O)C(=O)O. The van der Waals surface area contributed by atoms with Crippen LogP contribution in [0.1, 0.15) is 37.7 Å². The lowest BCUT2D eigenvalue weighted by Crippen LogP contribution is -2.57. The molecule has 0 spiro atoms. The average Bonchev–Trinajstić information content (AvgIpc) is 2.88. The van der Waals surface area contributed by atoms with Gasteiger partial charge in [0.15, 0.2) is 5.96 Å². The molecule has 1 aromatic rings. The lowest BCUT2D eigenvalue weighted by Gasteiger charge is -2.25. The number of aromatic hydroxyl groups is 1. The van der Waals surface area contributed by atoms with E-state index in [2.05, 4.69) is 20.9 Å². The molecule has 0 radical (unpaired) electrons. The van der Waals surface area contributed by atoms with E-state index in [9.17, 15) is 39.0 Å². The summed E-state index contributed by atoms with van der Waals surface area (Å²) in [5.74, 6) is -7.44. The van der Waals surface area contributed by atoms with Crippen LogP contribution in [0.3, 0.4) is 0 Å². The van der Waals surface area contributed by atoms with Gasteiger partial charge in [0.1, 0.15) is 23.9 Å². The number of hydrogen-bond acceptors (Lipinski definition) is 9. The fraction of sp³-hybridized carbons (Fsp3) is 0.458. The highest BCUT2D eigenvalue weighted by atomic mass is 16.4. The first-order chi connectivity index (χ1) is 19.2. The van der Waals surface area contributed by atoms with Crippen molar-refractivity contribution in [2.75, 3.05) is 6.54 Å². The number of aliphatic carboxylic acids is 3. The number of rotatable bonds is 18. The quantitative estimate of drug-likeness (QED) is 0.0476. The Morgan fingerprint density at radius 1 is 0.780 bits per heavy atom. The van der Waals surface area contributed by atoms with E-state index in [4.69, 9.17) is 27.4 Å². The topological polar surface area (TPSA) is 310 Å². The van der Waals surface area contributed by atoms with E-state index in [1.807, 2.05) is 0 Å². The lowest BCUT2D eigenvalue weighted by atomic mass is 10.0. The van der Waals surface area contributed by atoms with Gasteiger partial charge >= 0.3 is 17.9 Å². The summed E-state index contributed by atoms with van der Waals surface area (Å²) in [6.45, 7) is 0.194. The average molecular weight is 582 g/mol. The van der Waals surface area contributed by atoms with Gasteiger partial charge in [0.2, 0.25) is 17.7 Å².